The highest BCUT2D eigenvalue weighted by molar-refractivity contribution is 5.98. The average molecular weight is 271 g/mol. The number of hydrogen-bond donors (Lipinski definition) is 1. The van der Waals surface area contributed by atoms with E-state index in [-0.39, 0.29) is 13.2 Å². The highest BCUT2D eigenvalue weighted by Crippen LogP contribution is 2.03. The zero-order chi connectivity index (χ0) is 14.8. The Hall–Kier alpha value is -2.56. The lowest BCUT2D eigenvalue weighted by Gasteiger charge is -2.13. The van der Waals surface area contributed by atoms with Crippen LogP contribution in [0.5, 0.6) is 0 Å². The molecule has 0 spiro atoms. The molecule has 0 saturated carbocycles. The smallest absolute Gasteiger partial charge is 0.359 e. The second-order valence-electron chi connectivity index (χ2n) is 2.97. The van der Waals surface area contributed by atoms with Crippen LogP contribution in [0.2, 0.25) is 0 Å². The molecule has 0 aromatic rings. The van der Waals surface area contributed by atoms with Gasteiger partial charge in [0.15, 0.2) is 5.57 Å². The minimum Gasteiger partial charge on any atom is -0.477 e. The third-order valence-corrected chi connectivity index (χ3v) is 1.67. The Morgan fingerprint density at radius 1 is 1.21 bits per heavy atom. The number of carboxylic acid groups (broad SMARTS) is 1. The summed E-state index contributed by atoms with van der Waals surface area (Å²) < 4.78 is 13.8. The Bertz CT molecular complexity index is 403. The molecule has 0 aromatic carbocycles. The first-order chi connectivity index (χ1) is 8.97. The van der Waals surface area contributed by atoms with Gasteiger partial charge in [0.2, 0.25) is 0 Å². The predicted molar refractivity (Wildman–Crippen MR) is 59.5 cm³/mol. The summed E-state index contributed by atoms with van der Waals surface area (Å²) in [6.07, 6.45) is -1.26. The molecule has 8 nitrogen and oxygen atoms in total. The third kappa shape index (κ3) is 5.54. The highest BCUT2D eigenvalue weighted by atomic mass is 16.6. The molecule has 0 unspecified atom stereocenters. The lowest BCUT2D eigenvalue weighted by molar-refractivity contribution is -0.169. The molecule has 0 aliphatic heterocycles. The van der Waals surface area contributed by atoms with Gasteiger partial charge >= 0.3 is 17.9 Å². The van der Waals surface area contributed by atoms with Crippen LogP contribution in [-0.2, 0) is 28.6 Å². The van der Waals surface area contributed by atoms with Gasteiger partial charge in [0.1, 0.15) is 12.3 Å². The topological polar surface area (TPSA) is 123 Å². The van der Waals surface area contributed by atoms with Crippen LogP contribution in [0.4, 0.5) is 0 Å². The molecule has 0 saturated heterocycles. The number of esters is 2. The lowest BCUT2D eigenvalue weighted by Crippen LogP contribution is -2.35. The van der Waals surface area contributed by atoms with E-state index in [0.717, 1.165) is 0 Å². The Kier molecular flexibility index (Phi) is 7.37. The molecule has 0 amide bonds. The van der Waals surface area contributed by atoms with Crippen LogP contribution in [0.3, 0.4) is 0 Å². The first-order valence-electron chi connectivity index (χ1n) is 5.30. The van der Waals surface area contributed by atoms with E-state index in [9.17, 15) is 14.4 Å². The van der Waals surface area contributed by atoms with Crippen LogP contribution < -0.4 is 0 Å². The Morgan fingerprint density at radius 2 is 1.68 bits per heavy atom. The van der Waals surface area contributed by atoms with Gasteiger partial charge in [-0.15, -0.1) is 0 Å². The standard InChI is InChI=1S/C11H13NO7/c1-3-17-10(15)8(11(16)18-4-2)19-6-7(5-12)9(13)14/h6,8H,3-4H2,1-2H3,(H,13,14)/b7-6+. The molecule has 0 aliphatic carbocycles. The predicted octanol–water partition coefficient (Wildman–Crippen LogP) is -0.0101. The van der Waals surface area contributed by atoms with Crippen LogP contribution in [-0.4, -0.2) is 42.3 Å². The Labute approximate surface area is 109 Å². The molecule has 0 aliphatic rings. The van der Waals surface area contributed by atoms with Gasteiger partial charge in [-0.05, 0) is 13.8 Å². The molecule has 1 N–H and O–H groups in total. The fourth-order valence-corrected chi connectivity index (χ4v) is 0.904. The number of carboxylic acids is 1. The molecule has 8 heteroatoms. The molecule has 0 atom stereocenters. The van der Waals surface area contributed by atoms with Crippen molar-refractivity contribution >= 4 is 17.9 Å². The van der Waals surface area contributed by atoms with Crippen LogP contribution in [0, 0.1) is 11.3 Å². The minimum atomic E-state index is -1.76. The van der Waals surface area contributed by atoms with Crippen LogP contribution in [0.25, 0.3) is 0 Å². The second-order valence-corrected chi connectivity index (χ2v) is 2.97. The lowest BCUT2D eigenvalue weighted by atomic mass is 10.3. The summed E-state index contributed by atoms with van der Waals surface area (Å²) in [5.74, 6) is -3.60. The molecular formula is C11H13NO7. The SMILES string of the molecule is CCOC(=O)C(O/C=C(\C#N)C(=O)O)C(=O)OCC. The van der Waals surface area contributed by atoms with Crippen molar-refractivity contribution in [2.75, 3.05) is 13.2 Å². The van der Waals surface area contributed by atoms with E-state index >= 15 is 0 Å². The van der Waals surface area contributed by atoms with Gasteiger partial charge in [-0.25, -0.2) is 14.4 Å². The van der Waals surface area contributed by atoms with Crippen molar-refractivity contribution in [2.24, 2.45) is 0 Å². The normalized spacial score (nSPS) is 10.5. The summed E-state index contributed by atoms with van der Waals surface area (Å²) in [6.45, 7) is 3.06. The molecule has 0 aromatic heterocycles. The molecule has 0 heterocycles. The summed E-state index contributed by atoms with van der Waals surface area (Å²) in [5.41, 5.74) is -0.765. The zero-order valence-corrected chi connectivity index (χ0v) is 10.4. The van der Waals surface area contributed by atoms with Crippen LogP contribution in [0.1, 0.15) is 13.8 Å². The van der Waals surface area contributed by atoms with Crippen LogP contribution >= 0.6 is 0 Å². The molecular weight excluding hydrogens is 258 g/mol. The Balaban J connectivity index is 4.96. The largest absolute Gasteiger partial charge is 0.477 e. The van der Waals surface area contributed by atoms with Crippen molar-refractivity contribution in [1.29, 1.82) is 5.26 Å². The molecule has 19 heavy (non-hydrogen) atoms. The van der Waals surface area contributed by atoms with E-state index in [1.165, 1.54) is 19.9 Å². The van der Waals surface area contributed by atoms with Crippen molar-refractivity contribution in [3.8, 4) is 6.07 Å². The second kappa shape index (κ2) is 8.52. The first-order valence-corrected chi connectivity index (χ1v) is 5.30. The number of carbonyl (C=O) groups excluding carboxylic acids is 2. The maximum absolute atomic E-state index is 11.4. The maximum atomic E-state index is 11.4. The van der Waals surface area contributed by atoms with Crippen molar-refractivity contribution in [3.05, 3.63) is 11.8 Å². The summed E-state index contributed by atoms with van der Waals surface area (Å²) in [5, 5.41) is 17.0. The summed E-state index contributed by atoms with van der Waals surface area (Å²) in [6, 6.07) is 1.33. The van der Waals surface area contributed by atoms with Gasteiger partial charge < -0.3 is 19.3 Å². The zero-order valence-electron chi connectivity index (χ0n) is 10.4. The molecule has 0 bridgehead atoms. The van der Waals surface area contributed by atoms with Crippen molar-refractivity contribution in [2.45, 2.75) is 20.0 Å². The van der Waals surface area contributed by atoms with E-state index in [0.29, 0.717) is 6.26 Å². The molecule has 0 rings (SSSR count). The number of hydrogen-bond acceptors (Lipinski definition) is 7. The summed E-state index contributed by atoms with van der Waals surface area (Å²) >= 11 is 0. The maximum Gasteiger partial charge on any atom is 0.359 e. The molecule has 0 fully saturated rings. The van der Waals surface area contributed by atoms with Crippen molar-refractivity contribution < 1.29 is 33.7 Å². The number of ether oxygens (including phenoxy) is 3. The minimum absolute atomic E-state index is 0.00580. The van der Waals surface area contributed by atoms with Gasteiger partial charge in [-0.3, -0.25) is 0 Å². The van der Waals surface area contributed by atoms with E-state index in [4.69, 9.17) is 10.4 Å². The summed E-state index contributed by atoms with van der Waals surface area (Å²) in [4.78, 5) is 33.4. The quantitative estimate of drug-likeness (QED) is 0.225. The van der Waals surface area contributed by atoms with Gasteiger partial charge in [-0.2, -0.15) is 5.26 Å². The fourth-order valence-electron chi connectivity index (χ4n) is 0.904. The van der Waals surface area contributed by atoms with Gasteiger partial charge in [-0.1, -0.05) is 0 Å². The first kappa shape index (κ1) is 16.4. The van der Waals surface area contributed by atoms with Crippen LogP contribution in [0.15, 0.2) is 11.8 Å². The monoisotopic (exact) mass is 271 g/mol. The molecule has 104 valence electrons. The third-order valence-electron chi connectivity index (χ3n) is 1.67. The van der Waals surface area contributed by atoms with Crippen molar-refractivity contribution in [1.82, 2.24) is 0 Å². The summed E-state index contributed by atoms with van der Waals surface area (Å²) in [7, 11) is 0. The number of aliphatic carboxylic acids is 1. The van der Waals surface area contributed by atoms with E-state index < -0.39 is 29.6 Å². The fraction of sp³-hybridized carbons (Fsp3) is 0.455. The highest BCUT2D eigenvalue weighted by Gasteiger charge is 2.31. The number of nitriles is 1. The molecule has 0 radical (unpaired) electrons. The number of rotatable bonds is 7. The van der Waals surface area contributed by atoms with E-state index in [1.54, 1.807) is 0 Å². The number of carbonyl (C=O) groups is 3. The van der Waals surface area contributed by atoms with Gasteiger partial charge in [0.05, 0.1) is 13.2 Å². The van der Waals surface area contributed by atoms with E-state index in [1.807, 2.05) is 0 Å². The van der Waals surface area contributed by atoms with Gasteiger partial charge in [0, 0.05) is 0 Å². The Morgan fingerprint density at radius 3 is 2.00 bits per heavy atom. The average Bonchev–Trinajstić information content (AvgIpc) is 2.34. The number of nitrogens with zero attached hydrogens (tertiary/aromatic N) is 1. The van der Waals surface area contributed by atoms with E-state index in [2.05, 4.69) is 14.2 Å². The van der Waals surface area contributed by atoms with Gasteiger partial charge in [0.25, 0.3) is 6.10 Å². The van der Waals surface area contributed by atoms with Crippen molar-refractivity contribution in [3.63, 3.8) is 0 Å².